The first kappa shape index (κ1) is 34.9. The second kappa shape index (κ2) is 13.2. The average molecular weight is 698 g/mol. The zero-order valence-electron chi connectivity index (χ0n) is 26.9. The monoisotopic (exact) mass is 697 g/mol. The predicted molar refractivity (Wildman–Crippen MR) is 172 cm³/mol. The Morgan fingerprint density at radius 2 is 1.85 bits per heavy atom. The number of nitrogens with zero attached hydrogens (tertiary/aromatic N) is 6. The molecule has 3 aromatic rings. The molecule has 2 aliphatic heterocycles. The van der Waals surface area contributed by atoms with Crippen LogP contribution in [-0.4, -0.2) is 80.8 Å². The van der Waals surface area contributed by atoms with Gasteiger partial charge in [0.25, 0.3) is 0 Å². The Morgan fingerprint density at radius 1 is 1.11 bits per heavy atom. The van der Waals surface area contributed by atoms with Crippen LogP contribution in [0.1, 0.15) is 70.5 Å². The van der Waals surface area contributed by atoms with E-state index in [1.807, 2.05) is 33.8 Å². The van der Waals surface area contributed by atoms with Crippen LogP contribution in [0.15, 0.2) is 36.9 Å². The first-order valence-electron chi connectivity index (χ1n) is 15.4. The van der Waals surface area contributed by atoms with Crippen molar-refractivity contribution in [3.8, 4) is 17.1 Å². The summed E-state index contributed by atoms with van der Waals surface area (Å²) < 4.78 is 74.7. The third-order valence-corrected chi connectivity index (χ3v) is 9.91. The molecule has 0 spiro atoms. The molecule has 1 amide bonds. The molecule has 0 saturated carbocycles. The Bertz CT molecular complexity index is 1730. The lowest BCUT2D eigenvalue weighted by Crippen LogP contribution is -2.47. The summed E-state index contributed by atoms with van der Waals surface area (Å²) in [5, 5.41) is 3.43. The lowest BCUT2D eigenvalue weighted by atomic mass is 9.95. The smallest absolute Gasteiger partial charge is 0.420 e. The molecule has 0 bridgehead atoms. The van der Waals surface area contributed by atoms with Gasteiger partial charge in [0.15, 0.2) is 0 Å². The van der Waals surface area contributed by atoms with E-state index in [9.17, 15) is 26.4 Å². The number of anilines is 1. The van der Waals surface area contributed by atoms with Crippen molar-refractivity contribution < 1.29 is 31.1 Å². The Morgan fingerprint density at radius 3 is 2.49 bits per heavy atom. The van der Waals surface area contributed by atoms with Gasteiger partial charge in [-0.25, -0.2) is 32.5 Å². The fraction of sp³-hybridized carbons (Fsp3) is 0.548. The van der Waals surface area contributed by atoms with Crippen LogP contribution < -0.4 is 5.32 Å². The second-order valence-corrected chi connectivity index (χ2v) is 15.5. The molecule has 2 saturated heterocycles. The number of rotatable bonds is 6. The van der Waals surface area contributed by atoms with E-state index in [1.165, 1.54) is 21.4 Å². The van der Waals surface area contributed by atoms with Crippen LogP contribution in [0.4, 0.5) is 23.9 Å². The molecule has 0 radical (unpaired) electrons. The minimum absolute atomic E-state index is 0.0170. The molecule has 256 valence electrons. The Balaban J connectivity index is 1.39. The highest BCUT2D eigenvalue weighted by Gasteiger charge is 2.37. The number of nitrogens with one attached hydrogen (secondary N) is 1. The van der Waals surface area contributed by atoms with Crippen molar-refractivity contribution in [1.29, 1.82) is 0 Å². The van der Waals surface area contributed by atoms with Gasteiger partial charge in [-0.2, -0.15) is 13.2 Å². The first-order valence-corrected chi connectivity index (χ1v) is 17.6. The number of carbonyl (C=O) groups excluding carboxylic acids is 1. The average Bonchev–Trinajstić information content (AvgIpc) is 3.46. The maximum Gasteiger partial charge on any atom is 0.420 e. The molecule has 5 rings (SSSR count). The summed E-state index contributed by atoms with van der Waals surface area (Å²) in [5.74, 6) is -0.154. The third kappa shape index (κ3) is 8.18. The number of benzene rings is 1. The number of hydrogen-bond acceptors (Lipinski definition) is 8. The molecular formula is C31H39ClF3N7O4S. The fourth-order valence-electron chi connectivity index (χ4n) is 5.98. The summed E-state index contributed by atoms with van der Waals surface area (Å²) in [4.78, 5) is 27.1. The van der Waals surface area contributed by atoms with Gasteiger partial charge in [0.1, 0.15) is 28.9 Å². The molecule has 4 heterocycles. The molecule has 11 nitrogen and oxygen atoms in total. The van der Waals surface area contributed by atoms with Crippen LogP contribution >= 0.6 is 11.6 Å². The van der Waals surface area contributed by atoms with Gasteiger partial charge in [-0.05, 0) is 70.1 Å². The predicted octanol–water partition coefficient (Wildman–Crippen LogP) is 6.55. The SMILES string of the molecule is CC1CN(S(C)(=O)=O)CCC1Nc1ncc(C(F)(F)F)c(-c2cn(-c3ccc(C4CCCCN4C(=O)OC(C)(C)C)cc3Cl)cn2)n1. The van der Waals surface area contributed by atoms with E-state index in [4.69, 9.17) is 16.3 Å². The first-order chi connectivity index (χ1) is 21.9. The second-order valence-electron chi connectivity index (χ2n) is 13.2. The number of alkyl halides is 3. The van der Waals surface area contributed by atoms with Gasteiger partial charge in [-0.15, -0.1) is 0 Å². The Labute approximate surface area is 277 Å². The van der Waals surface area contributed by atoms with E-state index in [-0.39, 0.29) is 42.7 Å². The number of aromatic nitrogens is 4. The number of amides is 1. The normalized spacial score (nSPS) is 21.5. The van der Waals surface area contributed by atoms with Gasteiger partial charge in [0.05, 0.1) is 23.0 Å². The molecule has 2 aliphatic rings. The standard InChI is InChI=1S/C31H39ClF3N7O4S/c1-19-16-41(47(5,44)45)13-11-23(19)38-28-36-15-21(31(33,34)35)27(39-28)24-17-40(18-37-24)26-10-9-20(14-22(26)32)25-8-6-7-12-42(25)29(43)46-30(2,3)4/h9-10,14-15,17-19,23,25H,6-8,11-13,16H2,1-5H3,(H,36,38,39). The van der Waals surface area contributed by atoms with Gasteiger partial charge in [-0.3, -0.25) is 0 Å². The number of halogens is 4. The molecule has 1 N–H and O–H groups in total. The molecule has 3 atom stereocenters. The van der Waals surface area contributed by atoms with Crippen LogP contribution in [0.2, 0.25) is 5.02 Å². The summed E-state index contributed by atoms with van der Waals surface area (Å²) in [6, 6.07) is 4.87. The molecule has 2 aromatic heterocycles. The molecule has 1 aromatic carbocycles. The number of ether oxygens (including phenoxy) is 1. The zero-order valence-corrected chi connectivity index (χ0v) is 28.5. The van der Waals surface area contributed by atoms with Crippen LogP contribution in [0.5, 0.6) is 0 Å². The van der Waals surface area contributed by atoms with Crippen LogP contribution in [0.3, 0.4) is 0 Å². The lowest BCUT2D eigenvalue weighted by molar-refractivity contribution is -0.137. The number of likely N-dealkylation sites (tertiary alicyclic amines) is 1. The van der Waals surface area contributed by atoms with Crippen molar-refractivity contribution in [2.45, 2.75) is 77.2 Å². The summed E-state index contributed by atoms with van der Waals surface area (Å²) in [7, 11) is -3.36. The molecule has 0 aliphatic carbocycles. The fourth-order valence-corrected chi connectivity index (χ4v) is 7.21. The van der Waals surface area contributed by atoms with E-state index in [2.05, 4.69) is 20.3 Å². The van der Waals surface area contributed by atoms with E-state index in [0.717, 1.165) is 37.3 Å². The number of imidazole rings is 1. The number of sulfonamides is 1. The number of carbonyl (C=O) groups is 1. The molecular weight excluding hydrogens is 659 g/mol. The summed E-state index contributed by atoms with van der Waals surface area (Å²) in [6.45, 7) is 8.42. The van der Waals surface area contributed by atoms with Gasteiger partial charge in [-0.1, -0.05) is 24.6 Å². The molecule has 3 unspecified atom stereocenters. The number of hydrogen-bond donors (Lipinski definition) is 1. The summed E-state index contributed by atoms with van der Waals surface area (Å²) in [5.41, 5.74) is -0.811. The van der Waals surface area contributed by atoms with Gasteiger partial charge >= 0.3 is 12.3 Å². The minimum Gasteiger partial charge on any atom is -0.444 e. The van der Waals surface area contributed by atoms with Crippen LogP contribution in [0, 0.1) is 5.92 Å². The summed E-state index contributed by atoms with van der Waals surface area (Å²) >= 11 is 6.72. The van der Waals surface area contributed by atoms with Gasteiger partial charge in [0.2, 0.25) is 16.0 Å². The van der Waals surface area contributed by atoms with Gasteiger partial charge in [0, 0.05) is 38.1 Å². The van der Waals surface area contributed by atoms with Crippen molar-refractivity contribution in [1.82, 2.24) is 28.7 Å². The minimum atomic E-state index is -4.74. The van der Waals surface area contributed by atoms with Crippen LogP contribution in [-0.2, 0) is 20.9 Å². The highest BCUT2D eigenvalue weighted by atomic mass is 35.5. The largest absolute Gasteiger partial charge is 0.444 e. The quantitative estimate of drug-likeness (QED) is 0.308. The van der Waals surface area contributed by atoms with Crippen molar-refractivity contribution in [2.75, 3.05) is 31.2 Å². The molecule has 47 heavy (non-hydrogen) atoms. The van der Waals surface area contributed by atoms with E-state index < -0.39 is 39.2 Å². The van der Waals surface area contributed by atoms with Crippen LogP contribution in [0.25, 0.3) is 17.1 Å². The van der Waals surface area contributed by atoms with Crippen molar-refractivity contribution in [3.05, 3.63) is 53.1 Å². The van der Waals surface area contributed by atoms with E-state index in [0.29, 0.717) is 23.7 Å². The van der Waals surface area contributed by atoms with Crippen molar-refractivity contribution in [3.63, 3.8) is 0 Å². The highest BCUT2D eigenvalue weighted by molar-refractivity contribution is 7.88. The number of piperidine rings is 2. The Hall–Kier alpha value is -3.43. The molecule has 16 heteroatoms. The maximum absolute atomic E-state index is 14.1. The lowest BCUT2D eigenvalue weighted by Gasteiger charge is -2.37. The van der Waals surface area contributed by atoms with E-state index in [1.54, 1.807) is 17.0 Å². The van der Waals surface area contributed by atoms with Crippen molar-refractivity contribution >= 4 is 33.7 Å². The van der Waals surface area contributed by atoms with Gasteiger partial charge < -0.3 is 19.5 Å². The highest BCUT2D eigenvalue weighted by Crippen LogP contribution is 2.38. The molecule has 2 fully saturated rings. The van der Waals surface area contributed by atoms with Crippen molar-refractivity contribution in [2.24, 2.45) is 5.92 Å². The Kier molecular flexibility index (Phi) is 9.82. The third-order valence-electron chi connectivity index (χ3n) is 8.34. The van der Waals surface area contributed by atoms with E-state index >= 15 is 0 Å². The zero-order chi connectivity index (χ0) is 34.3. The maximum atomic E-state index is 14.1. The summed E-state index contributed by atoms with van der Waals surface area (Å²) in [6.07, 6.45) is 2.49. The topological polar surface area (TPSA) is 123 Å².